The summed E-state index contributed by atoms with van der Waals surface area (Å²) in [6.07, 6.45) is 27.0. The Morgan fingerprint density at radius 2 is 0.780 bits per heavy atom. The van der Waals surface area contributed by atoms with E-state index in [0.717, 1.165) is 56.8 Å². The zero-order chi connectivity index (χ0) is 30.6. The fourth-order valence-corrected chi connectivity index (χ4v) is 5.56. The molecule has 0 saturated carbocycles. The van der Waals surface area contributed by atoms with Gasteiger partial charge in [0, 0.05) is 12.8 Å². The van der Waals surface area contributed by atoms with Gasteiger partial charge in [0.05, 0.1) is 13.2 Å². The average Bonchev–Trinajstić information content (AvgIpc) is 2.91. The van der Waals surface area contributed by atoms with Crippen LogP contribution in [-0.4, -0.2) is 25.2 Å². The van der Waals surface area contributed by atoms with Crippen LogP contribution in [-0.2, 0) is 19.1 Å². The Hall–Kier alpha value is -1.06. The van der Waals surface area contributed by atoms with E-state index < -0.39 is 0 Å². The van der Waals surface area contributed by atoms with Crippen LogP contribution in [0.5, 0.6) is 0 Å². The van der Waals surface area contributed by atoms with E-state index >= 15 is 0 Å². The molecule has 0 spiro atoms. The summed E-state index contributed by atoms with van der Waals surface area (Å²) in [5.41, 5.74) is 0. The van der Waals surface area contributed by atoms with E-state index in [1.165, 1.54) is 89.9 Å². The van der Waals surface area contributed by atoms with Gasteiger partial charge in [-0.3, -0.25) is 9.59 Å². The van der Waals surface area contributed by atoms with Crippen LogP contribution >= 0.6 is 0 Å². The highest BCUT2D eigenvalue weighted by atomic mass is 16.5. The van der Waals surface area contributed by atoms with Crippen molar-refractivity contribution in [2.75, 3.05) is 13.2 Å². The topological polar surface area (TPSA) is 52.6 Å². The minimum absolute atomic E-state index is 0.000336. The molecule has 0 bridgehead atoms. The van der Waals surface area contributed by atoms with Gasteiger partial charge >= 0.3 is 11.9 Å². The van der Waals surface area contributed by atoms with Crippen LogP contribution in [0.3, 0.4) is 0 Å². The molecule has 0 N–H and O–H groups in total. The maximum Gasteiger partial charge on any atom is 0.305 e. The third-order valence-electron chi connectivity index (χ3n) is 8.50. The Labute approximate surface area is 256 Å². The number of esters is 2. The molecule has 0 amide bonds. The Morgan fingerprint density at radius 1 is 0.415 bits per heavy atom. The van der Waals surface area contributed by atoms with E-state index in [9.17, 15) is 9.59 Å². The summed E-state index contributed by atoms with van der Waals surface area (Å²) in [4.78, 5) is 23.9. The van der Waals surface area contributed by atoms with Crippen LogP contribution in [0.4, 0.5) is 0 Å². The number of unbranched alkanes of at least 4 members (excludes halogenated alkanes) is 14. The first-order chi connectivity index (χ1) is 19.7. The standard InChI is InChI=1S/C37H72O4/c1-32(2)24-20-22-30-40-36(38)27-19-17-15-13-11-9-7-8-10-12-14-16-18-26-35(34(5)6)28-29-37(39)41-31-23-21-25-33(3)4/h32-35H,7-31H2,1-6H3. The van der Waals surface area contributed by atoms with E-state index in [0.29, 0.717) is 37.9 Å². The lowest BCUT2D eigenvalue weighted by Gasteiger charge is -2.20. The summed E-state index contributed by atoms with van der Waals surface area (Å²) in [5.74, 6) is 2.74. The SMILES string of the molecule is CC(C)CCCCOC(=O)CCCCCCCCCCCCCCCC(CCC(=O)OCCCCC(C)C)C(C)C. The van der Waals surface area contributed by atoms with Crippen molar-refractivity contribution in [2.24, 2.45) is 23.7 Å². The van der Waals surface area contributed by atoms with E-state index in [-0.39, 0.29) is 11.9 Å². The predicted octanol–water partition coefficient (Wildman–Crippen LogP) is 11.6. The molecule has 4 heteroatoms. The molecule has 0 saturated heterocycles. The molecular formula is C37H72O4. The smallest absolute Gasteiger partial charge is 0.305 e. The molecule has 0 fully saturated rings. The van der Waals surface area contributed by atoms with Crippen molar-refractivity contribution < 1.29 is 19.1 Å². The second-order valence-electron chi connectivity index (χ2n) is 13.9. The van der Waals surface area contributed by atoms with Crippen molar-refractivity contribution in [1.82, 2.24) is 0 Å². The van der Waals surface area contributed by atoms with Gasteiger partial charge in [-0.2, -0.15) is 0 Å². The fourth-order valence-electron chi connectivity index (χ4n) is 5.56. The first kappa shape index (κ1) is 39.9. The van der Waals surface area contributed by atoms with Gasteiger partial charge in [0.2, 0.25) is 0 Å². The number of hydrogen-bond donors (Lipinski definition) is 0. The highest BCUT2D eigenvalue weighted by Gasteiger charge is 2.15. The zero-order valence-electron chi connectivity index (χ0n) is 28.6. The van der Waals surface area contributed by atoms with Crippen molar-refractivity contribution in [3.05, 3.63) is 0 Å². The molecule has 0 aliphatic rings. The Morgan fingerprint density at radius 3 is 1.20 bits per heavy atom. The number of rotatable bonds is 30. The van der Waals surface area contributed by atoms with Crippen molar-refractivity contribution in [1.29, 1.82) is 0 Å². The molecule has 0 aromatic heterocycles. The Kier molecular flexibility index (Phi) is 28.3. The largest absolute Gasteiger partial charge is 0.466 e. The van der Waals surface area contributed by atoms with Crippen LogP contribution < -0.4 is 0 Å². The number of ether oxygens (including phenoxy) is 2. The zero-order valence-corrected chi connectivity index (χ0v) is 28.6. The summed E-state index contributed by atoms with van der Waals surface area (Å²) in [6.45, 7) is 14.8. The van der Waals surface area contributed by atoms with Gasteiger partial charge in [0.1, 0.15) is 0 Å². The van der Waals surface area contributed by atoms with Crippen LogP contribution in [0.1, 0.15) is 189 Å². The molecule has 1 unspecified atom stereocenters. The lowest BCUT2D eigenvalue weighted by molar-refractivity contribution is -0.145. The highest BCUT2D eigenvalue weighted by Crippen LogP contribution is 2.24. The molecule has 0 aromatic rings. The minimum atomic E-state index is -0.00514. The summed E-state index contributed by atoms with van der Waals surface area (Å²) in [5, 5.41) is 0. The second-order valence-corrected chi connectivity index (χ2v) is 13.9. The first-order valence-electron chi connectivity index (χ1n) is 18.0. The van der Waals surface area contributed by atoms with Crippen LogP contribution in [0.15, 0.2) is 0 Å². The Balaban J connectivity index is 3.49. The molecule has 0 aromatic carbocycles. The van der Waals surface area contributed by atoms with Gasteiger partial charge in [-0.1, -0.05) is 138 Å². The number of carbonyl (C=O) groups is 2. The van der Waals surface area contributed by atoms with Gasteiger partial charge in [-0.05, 0) is 62.2 Å². The predicted molar refractivity (Wildman–Crippen MR) is 176 cm³/mol. The van der Waals surface area contributed by atoms with Crippen LogP contribution in [0.2, 0.25) is 0 Å². The molecule has 0 rings (SSSR count). The van der Waals surface area contributed by atoms with Crippen molar-refractivity contribution in [2.45, 2.75) is 189 Å². The lowest BCUT2D eigenvalue weighted by atomic mass is 9.86. The molecule has 0 aliphatic heterocycles. The lowest BCUT2D eigenvalue weighted by Crippen LogP contribution is -2.13. The van der Waals surface area contributed by atoms with E-state index in [1.807, 2.05) is 0 Å². The summed E-state index contributed by atoms with van der Waals surface area (Å²) < 4.78 is 10.8. The second kappa shape index (κ2) is 29.0. The van der Waals surface area contributed by atoms with Crippen molar-refractivity contribution >= 4 is 11.9 Å². The normalized spacial score (nSPS) is 12.4. The minimum Gasteiger partial charge on any atom is -0.466 e. The highest BCUT2D eigenvalue weighted by molar-refractivity contribution is 5.69. The van der Waals surface area contributed by atoms with Gasteiger partial charge in [0.15, 0.2) is 0 Å². The third-order valence-corrected chi connectivity index (χ3v) is 8.50. The van der Waals surface area contributed by atoms with Gasteiger partial charge in [0.25, 0.3) is 0 Å². The average molecular weight is 581 g/mol. The third kappa shape index (κ3) is 30.2. The molecule has 244 valence electrons. The monoisotopic (exact) mass is 581 g/mol. The molecule has 1 atom stereocenters. The van der Waals surface area contributed by atoms with Gasteiger partial charge < -0.3 is 9.47 Å². The van der Waals surface area contributed by atoms with E-state index in [1.54, 1.807) is 0 Å². The maximum atomic E-state index is 12.1. The summed E-state index contributed by atoms with van der Waals surface area (Å²) >= 11 is 0. The first-order valence-corrected chi connectivity index (χ1v) is 18.0. The van der Waals surface area contributed by atoms with E-state index in [4.69, 9.17) is 9.47 Å². The molecule has 0 heterocycles. The van der Waals surface area contributed by atoms with E-state index in [2.05, 4.69) is 41.5 Å². The quantitative estimate of drug-likeness (QED) is 0.0626. The molecule has 0 radical (unpaired) electrons. The maximum absolute atomic E-state index is 12.1. The molecule has 0 aliphatic carbocycles. The fraction of sp³-hybridized carbons (Fsp3) is 0.946. The van der Waals surface area contributed by atoms with Crippen molar-refractivity contribution in [3.8, 4) is 0 Å². The van der Waals surface area contributed by atoms with Gasteiger partial charge in [-0.15, -0.1) is 0 Å². The number of hydrogen-bond acceptors (Lipinski definition) is 4. The van der Waals surface area contributed by atoms with Gasteiger partial charge in [-0.25, -0.2) is 0 Å². The van der Waals surface area contributed by atoms with Crippen LogP contribution in [0, 0.1) is 23.7 Å². The Bertz CT molecular complexity index is 583. The van der Waals surface area contributed by atoms with Crippen molar-refractivity contribution in [3.63, 3.8) is 0 Å². The summed E-state index contributed by atoms with van der Waals surface area (Å²) in [7, 11) is 0. The molecular weight excluding hydrogens is 508 g/mol. The summed E-state index contributed by atoms with van der Waals surface area (Å²) in [6, 6.07) is 0. The molecule has 41 heavy (non-hydrogen) atoms. The number of carbonyl (C=O) groups excluding carboxylic acids is 2. The molecule has 4 nitrogen and oxygen atoms in total. The van der Waals surface area contributed by atoms with Crippen LogP contribution in [0.25, 0.3) is 0 Å².